The van der Waals surface area contributed by atoms with E-state index < -0.39 is 0 Å². The van der Waals surface area contributed by atoms with Crippen molar-refractivity contribution in [1.29, 1.82) is 0 Å². The molecule has 2 heteroatoms. The molecule has 2 atom stereocenters. The van der Waals surface area contributed by atoms with E-state index in [0.717, 1.165) is 5.92 Å². The third-order valence-electron chi connectivity index (χ3n) is 3.49. The quantitative estimate of drug-likeness (QED) is 0.726. The van der Waals surface area contributed by atoms with Gasteiger partial charge in [-0.1, -0.05) is 40.0 Å². The van der Waals surface area contributed by atoms with Gasteiger partial charge in [0.25, 0.3) is 0 Å². The molecular weight excluding hydrogens is 196 g/mol. The molecule has 0 aliphatic rings. The summed E-state index contributed by atoms with van der Waals surface area (Å²) in [6.07, 6.45) is 6.41. The van der Waals surface area contributed by atoms with Crippen molar-refractivity contribution in [3.63, 3.8) is 0 Å². The van der Waals surface area contributed by atoms with Crippen LogP contribution in [-0.4, -0.2) is 10.2 Å². The summed E-state index contributed by atoms with van der Waals surface area (Å²) in [5.74, 6) is 1.50. The van der Waals surface area contributed by atoms with E-state index in [9.17, 15) is 0 Å². The maximum atomic E-state index is 4.41. The summed E-state index contributed by atoms with van der Waals surface area (Å²) in [4.78, 5) is 0. The van der Waals surface area contributed by atoms with Gasteiger partial charge >= 0.3 is 0 Å². The van der Waals surface area contributed by atoms with E-state index in [1.165, 1.54) is 43.5 Å². The van der Waals surface area contributed by atoms with E-state index in [0.29, 0.717) is 5.92 Å². The zero-order valence-electron chi connectivity index (χ0n) is 11.2. The van der Waals surface area contributed by atoms with Crippen LogP contribution in [0.15, 0.2) is 6.07 Å². The number of aromatic amines is 1. The number of aryl methyl sites for hydroxylation is 1. The number of nitrogens with one attached hydrogen (secondary N) is 1. The smallest absolute Gasteiger partial charge is 0.0655 e. The lowest BCUT2D eigenvalue weighted by atomic mass is 9.90. The fraction of sp³-hybridized carbons (Fsp3) is 0.786. The van der Waals surface area contributed by atoms with Crippen LogP contribution in [-0.2, 0) is 0 Å². The van der Waals surface area contributed by atoms with Gasteiger partial charge in [-0.05, 0) is 31.7 Å². The summed E-state index contributed by atoms with van der Waals surface area (Å²) in [7, 11) is 0. The van der Waals surface area contributed by atoms with E-state index >= 15 is 0 Å². The largest absolute Gasteiger partial charge is 0.283 e. The molecule has 0 bridgehead atoms. The topological polar surface area (TPSA) is 28.7 Å². The molecule has 0 saturated carbocycles. The van der Waals surface area contributed by atoms with Gasteiger partial charge in [0, 0.05) is 11.6 Å². The van der Waals surface area contributed by atoms with E-state index in [-0.39, 0.29) is 0 Å². The van der Waals surface area contributed by atoms with Crippen molar-refractivity contribution in [2.24, 2.45) is 5.92 Å². The first-order chi connectivity index (χ1) is 7.67. The number of hydrogen-bond donors (Lipinski definition) is 1. The number of H-pyrrole nitrogens is 1. The van der Waals surface area contributed by atoms with Gasteiger partial charge in [0.05, 0.1) is 5.69 Å². The Morgan fingerprint density at radius 1 is 1.25 bits per heavy atom. The van der Waals surface area contributed by atoms with Gasteiger partial charge in [-0.2, -0.15) is 5.10 Å². The van der Waals surface area contributed by atoms with E-state index in [4.69, 9.17) is 0 Å². The number of hydrogen-bond acceptors (Lipinski definition) is 1. The molecule has 2 nitrogen and oxygen atoms in total. The number of nitrogens with zero attached hydrogens (tertiary/aromatic N) is 1. The zero-order valence-corrected chi connectivity index (χ0v) is 11.2. The van der Waals surface area contributed by atoms with Crippen LogP contribution in [0.25, 0.3) is 0 Å². The predicted octanol–water partition coefficient (Wildman–Crippen LogP) is 4.43. The van der Waals surface area contributed by atoms with Gasteiger partial charge in [-0.15, -0.1) is 0 Å². The molecule has 0 radical (unpaired) electrons. The molecule has 1 rings (SSSR count). The van der Waals surface area contributed by atoms with E-state index in [2.05, 4.69) is 44.0 Å². The lowest BCUT2D eigenvalue weighted by Crippen LogP contribution is -2.02. The summed E-state index contributed by atoms with van der Waals surface area (Å²) in [6.45, 7) is 8.96. The lowest BCUT2D eigenvalue weighted by Gasteiger charge is -2.16. The Labute approximate surface area is 99.8 Å². The second-order valence-electron chi connectivity index (χ2n) is 5.05. The summed E-state index contributed by atoms with van der Waals surface area (Å²) in [5.41, 5.74) is 2.45. The van der Waals surface area contributed by atoms with Gasteiger partial charge in [-0.25, -0.2) is 0 Å². The van der Waals surface area contributed by atoms with Crippen LogP contribution < -0.4 is 0 Å². The van der Waals surface area contributed by atoms with Crippen LogP contribution in [0.4, 0.5) is 0 Å². The standard InChI is InChI=1S/C14H26N2/c1-5-7-13(9-8-11(3)6-2)14-10-12(4)15-16-14/h10-11,13H,5-9H2,1-4H3,(H,15,16). The molecule has 1 heterocycles. The minimum Gasteiger partial charge on any atom is -0.283 e. The second kappa shape index (κ2) is 6.72. The number of rotatable bonds is 7. The molecule has 0 fully saturated rings. The highest BCUT2D eigenvalue weighted by molar-refractivity contribution is 5.11. The molecule has 1 aromatic rings. The molecule has 0 saturated heterocycles. The highest BCUT2D eigenvalue weighted by Gasteiger charge is 2.14. The van der Waals surface area contributed by atoms with Crippen molar-refractivity contribution in [3.8, 4) is 0 Å². The highest BCUT2D eigenvalue weighted by Crippen LogP contribution is 2.27. The Bertz CT molecular complexity index is 291. The van der Waals surface area contributed by atoms with Gasteiger partial charge < -0.3 is 0 Å². The average Bonchev–Trinajstić information content (AvgIpc) is 2.70. The Morgan fingerprint density at radius 3 is 2.50 bits per heavy atom. The van der Waals surface area contributed by atoms with Gasteiger partial charge in [0.1, 0.15) is 0 Å². The summed E-state index contributed by atoms with van der Waals surface area (Å²) in [6, 6.07) is 2.21. The second-order valence-corrected chi connectivity index (χ2v) is 5.05. The fourth-order valence-electron chi connectivity index (χ4n) is 2.13. The fourth-order valence-corrected chi connectivity index (χ4v) is 2.13. The zero-order chi connectivity index (χ0) is 12.0. The van der Waals surface area contributed by atoms with Crippen LogP contribution in [0.1, 0.15) is 70.2 Å². The van der Waals surface area contributed by atoms with Crippen LogP contribution >= 0.6 is 0 Å². The van der Waals surface area contributed by atoms with Crippen molar-refractivity contribution in [1.82, 2.24) is 10.2 Å². The van der Waals surface area contributed by atoms with Crippen molar-refractivity contribution in [3.05, 3.63) is 17.5 Å². The third kappa shape index (κ3) is 3.99. The van der Waals surface area contributed by atoms with Crippen LogP contribution in [0.3, 0.4) is 0 Å². The normalized spacial score (nSPS) is 15.0. The summed E-state index contributed by atoms with van der Waals surface area (Å²) >= 11 is 0. The molecule has 0 aliphatic heterocycles. The lowest BCUT2D eigenvalue weighted by molar-refractivity contribution is 0.440. The van der Waals surface area contributed by atoms with Crippen LogP contribution in [0.2, 0.25) is 0 Å². The van der Waals surface area contributed by atoms with Crippen molar-refractivity contribution >= 4 is 0 Å². The van der Waals surface area contributed by atoms with Gasteiger partial charge in [0.15, 0.2) is 0 Å². The first-order valence-electron chi connectivity index (χ1n) is 6.69. The Kier molecular flexibility index (Phi) is 5.58. The number of aromatic nitrogens is 2. The molecule has 2 unspecified atom stereocenters. The minimum atomic E-state index is 0.656. The first kappa shape index (κ1) is 13.3. The monoisotopic (exact) mass is 222 g/mol. The first-order valence-corrected chi connectivity index (χ1v) is 6.69. The molecular formula is C14H26N2. The van der Waals surface area contributed by atoms with E-state index in [1.807, 2.05) is 0 Å². The maximum Gasteiger partial charge on any atom is 0.0655 e. The summed E-state index contributed by atoms with van der Waals surface area (Å²) < 4.78 is 0. The van der Waals surface area contributed by atoms with Crippen LogP contribution in [0, 0.1) is 12.8 Å². The van der Waals surface area contributed by atoms with Crippen molar-refractivity contribution in [2.45, 2.75) is 65.7 Å². The maximum absolute atomic E-state index is 4.41. The Hall–Kier alpha value is -0.790. The Balaban J connectivity index is 2.53. The molecule has 1 aromatic heterocycles. The molecule has 16 heavy (non-hydrogen) atoms. The van der Waals surface area contributed by atoms with Crippen molar-refractivity contribution in [2.75, 3.05) is 0 Å². The van der Waals surface area contributed by atoms with Gasteiger partial charge in [0.2, 0.25) is 0 Å². The molecule has 1 N–H and O–H groups in total. The molecule has 0 spiro atoms. The van der Waals surface area contributed by atoms with Crippen LogP contribution in [0.5, 0.6) is 0 Å². The molecule has 92 valence electrons. The predicted molar refractivity (Wildman–Crippen MR) is 69.7 cm³/mol. The molecule has 0 aliphatic carbocycles. The minimum absolute atomic E-state index is 0.656. The molecule has 0 aromatic carbocycles. The van der Waals surface area contributed by atoms with Gasteiger partial charge in [-0.3, -0.25) is 5.10 Å². The average molecular weight is 222 g/mol. The highest BCUT2D eigenvalue weighted by atomic mass is 15.1. The van der Waals surface area contributed by atoms with Crippen molar-refractivity contribution < 1.29 is 0 Å². The van der Waals surface area contributed by atoms with E-state index in [1.54, 1.807) is 0 Å². The summed E-state index contributed by atoms with van der Waals surface area (Å²) in [5, 5.41) is 7.47. The molecule has 0 amide bonds. The Morgan fingerprint density at radius 2 is 2.00 bits per heavy atom. The SMILES string of the molecule is CCCC(CCC(C)CC)c1cc(C)[nH]n1. The third-order valence-corrected chi connectivity index (χ3v) is 3.49.